The Kier molecular flexibility index (Phi) is 4.79. The molecule has 19 heavy (non-hydrogen) atoms. The van der Waals surface area contributed by atoms with Gasteiger partial charge in [-0.2, -0.15) is 8.78 Å². The third kappa shape index (κ3) is 3.92. The number of rotatable bonds is 4. The molecule has 0 bridgehead atoms. The van der Waals surface area contributed by atoms with Crippen molar-refractivity contribution >= 4 is 46.3 Å². The number of thioether (sulfide) groups is 1. The second-order valence-corrected chi connectivity index (χ2v) is 5.15. The monoisotopic (exact) mass is 321 g/mol. The van der Waals surface area contributed by atoms with Crippen LogP contribution in [0.15, 0.2) is 35.2 Å². The maximum atomic E-state index is 12.4. The Morgan fingerprint density at radius 3 is 2.58 bits per heavy atom. The Balaban J connectivity index is 2.30. The van der Waals surface area contributed by atoms with E-state index >= 15 is 0 Å². The number of hydrogen-bond acceptors (Lipinski definition) is 4. The van der Waals surface area contributed by atoms with Crippen molar-refractivity contribution in [3.05, 3.63) is 40.6 Å². The number of nitrogens with zero attached hydrogens (tertiary/aromatic N) is 2. The lowest BCUT2D eigenvalue weighted by molar-refractivity contribution is 0.252. The van der Waals surface area contributed by atoms with E-state index in [0.29, 0.717) is 28.0 Å². The normalized spacial score (nSPS) is 10.8. The number of alkyl halides is 2. The van der Waals surface area contributed by atoms with Crippen LogP contribution in [0, 0.1) is 0 Å². The molecule has 0 amide bonds. The minimum Gasteiger partial charge on any atom is -0.352 e. The first-order chi connectivity index (χ1) is 9.06. The Labute approximate surface area is 122 Å². The SMILES string of the molecule is FC(F)Sc1ccccc1Nc1cc(Cl)nnc1Cl. The summed E-state index contributed by atoms with van der Waals surface area (Å²) in [7, 11) is 0. The molecule has 0 saturated carbocycles. The van der Waals surface area contributed by atoms with E-state index in [0.717, 1.165) is 0 Å². The van der Waals surface area contributed by atoms with E-state index in [1.165, 1.54) is 6.07 Å². The topological polar surface area (TPSA) is 37.8 Å². The molecule has 0 aliphatic carbocycles. The molecule has 1 aromatic carbocycles. The van der Waals surface area contributed by atoms with Gasteiger partial charge >= 0.3 is 0 Å². The predicted octanol–water partition coefficient (Wildman–Crippen LogP) is 4.84. The smallest absolute Gasteiger partial charge is 0.288 e. The molecule has 0 aliphatic heterocycles. The molecule has 0 saturated heterocycles. The summed E-state index contributed by atoms with van der Waals surface area (Å²) in [5.74, 6) is -2.50. The highest BCUT2D eigenvalue weighted by molar-refractivity contribution is 7.99. The summed E-state index contributed by atoms with van der Waals surface area (Å²) in [4.78, 5) is 0.404. The second kappa shape index (κ2) is 6.36. The van der Waals surface area contributed by atoms with Gasteiger partial charge in [0.15, 0.2) is 10.3 Å². The van der Waals surface area contributed by atoms with Crippen LogP contribution in [0.2, 0.25) is 10.3 Å². The van der Waals surface area contributed by atoms with Crippen molar-refractivity contribution in [3.63, 3.8) is 0 Å². The molecule has 1 heterocycles. The van der Waals surface area contributed by atoms with Crippen LogP contribution in [0.5, 0.6) is 0 Å². The zero-order valence-corrected chi connectivity index (χ0v) is 11.6. The van der Waals surface area contributed by atoms with Crippen LogP contribution >= 0.6 is 35.0 Å². The Bertz CT molecular complexity index is 584. The van der Waals surface area contributed by atoms with Crippen molar-refractivity contribution in [2.75, 3.05) is 5.32 Å². The van der Waals surface area contributed by atoms with Gasteiger partial charge in [0, 0.05) is 11.0 Å². The first kappa shape index (κ1) is 14.3. The number of anilines is 2. The third-order valence-corrected chi connectivity index (χ3v) is 3.34. The molecule has 0 fully saturated rings. The van der Waals surface area contributed by atoms with Gasteiger partial charge in [-0.1, -0.05) is 47.1 Å². The molecule has 8 heteroatoms. The van der Waals surface area contributed by atoms with Gasteiger partial charge in [0.05, 0.1) is 11.4 Å². The fraction of sp³-hybridized carbons (Fsp3) is 0.0909. The molecule has 0 aliphatic rings. The van der Waals surface area contributed by atoms with Crippen LogP contribution in [-0.4, -0.2) is 16.0 Å². The van der Waals surface area contributed by atoms with Gasteiger partial charge < -0.3 is 5.32 Å². The van der Waals surface area contributed by atoms with Crippen molar-refractivity contribution in [2.45, 2.75) is 10.7 Å². The molecule has 1 N–H and O–H groups in total. The van der Waals surface area contributed by atoms with E-state index in [1.807, 2.05) is 0 Å². The minimum absolute atomic E-state index is 0.112. The molecule has 3 nitrogen and oxygen atoms in total. The number of benzene rings is 1. The molecule has 0 spiro atoms. The van der Waals surface area contributed by atoms with Crippen LogP contribution in [0.25, 0.3) is 0 Å². The van der Waals surface area contributed by atoms with Gasteiger partial charge in [0.25, 0.3) is 5.76 Å². The fourth-order valence-corrected chi connectivity index (χ4v) is 2.24. The largest absolute Gasteiger partial charge is 0.352 e. The third-order valence-electron chi connectivity index (χ3n) is 2.09. The maximum Gasteiger partial charge on any atom is 0.288 e. The second-order valence-electron chi connectivity index (χ2n) is 3.37. The summed E-state index contributed by atoms with van der Waals surface area (Å²) in [6.45, 7) is 0. The summed E-state index contributed by atoms with van der Waals surface area (Å²) in [6.07, 6.45) is 0. The van der Waals surface area contributed by atoms with Crippen LogP contribution in [0.3, 0.4) is 0 Å². The van der Waals surface area contributed by atoms with Crippen LogP contribution < -0.4 is 5.32 Å². The highest BCUT2D eigenvalue weighted by Gasteiger charge is 2.11. The van der Waals surface area contributed by atoms with Gasteiger partial charge in [-0.25, -0.2) is 0 Å². The number of para-hydroxylation sites is 1. The first-order valence-electron chi connectivity index (χ1n) is 5.06. The van der Waals surface area contributed by atoms with Gasteiger partial charge in [0.1, 0.15) is 0 Å². The summed E-state index contributed by atoms with van der Waals surface area (Å²) in [6, 6.07) is 8.12. The van der Waals surface area contributed by atoms with E-state index in [1.54, 1.807) is 24.3 Å². The van der Waals surface area contributed by atoms with Crippen molar-refractivity contribution in [2.24, 2.45) is 0 Å². The van der Waals surface area contributed by atoms with Crippen molar-refractivity contribution in [3.8, 4) is 0 Å². The quantitative estimate of drug-likeness (QED) is 0.817. The van der Waals surface area contributed by atoms with Gasteiger partial charge in [-0.05, 0) is 12.1 Å². The van der Waals surface area contributed by atoms with E-state index in [9.17, 15) is 8.78 Å². The average Bonchev–Trinajstić information content (AvgIpc) is 2.35. The van der Waals surface area contributed by atoms with E-state index < -0.39 is 5.76 Å². The number of nitrogens with one attached hydrogen (secondary N) is 1. The molecule has 100 valence electrons. The lowest BCUT2D eigenvalue weighted by Crippen LogP contribution is -1.97. The van der Waals surface area contributed by atoms with Crippen LogP contribution in [0.4, 0.5) is 20.2 Å². The predicted molar refractivity (Wildman–Crippen MR) is 73.6 cm³/mol. The molecule has 2 rings (SSSR count). The first-order valence-corrected chi connectivity index (χ1v) is 6.69. The van der Waals surface area contributed by atoms with Crippen LogP contribution in [-0.2, 0) is 0 Å². The zero-order chi connectivity index (χ0) is 13.8. The van der Waals surface area contributed by atoms with Crippen molar-refractivity contribution < 1.29 is 8.78 Å². The van der Waals surface area contributed by atoms with Crippen LogP contribution in [0.1, 0.15) is 0 Å². The Morgan fingerprint density at radius 2 is 1.84 bits per heavy atom. The Hall–Kier alpha value is -1.11. The summed E-state index contributed by atoms with van der Waals surface area (Å²) in [5, 5.41) is 10.4. The van der Waals surface area contributed by atoms with E-state index in [4.69, 9.17) is 23.2 Å². The lowest BCUT2D eigenvalue weighted by Gasteiger charge is -2.11. The van der Waals surface area contributed by atoms with Gasteiger partial charge in [-0.3, -0.25) is 0 Å². The van der Waals surface area contributed by atoms with E-state index in [2.05, 4.69) is 15.5 Å². The minimum atomic E-state index is -2.50. The van der Waals surface area contributed by atoms with Crippen molar-refractivity contribution in [1.29, 1.82) is 0 Å². The van der Waals surface area contributed by atoms with Crippen molar-refractivity contribution in [1.82, 2.24) is 10.2 Å². The molecule has 0 radical (unpaired) electrons. The summed E-state index contributed by atoms with van der Waals surface area (Å²) < 4.78 is 24.9. The number of hydrogen-bond donors (Lipinski definition) is 1. The molecule has 0 unspecified atom stereocenters. The highest BCUT2D eigenvalue weighted by atomic mass is 35.5. The number of aromatic nitrogens is 2. The molecule has 1 aromatic heterocycles. The maximum absolute atomic E-state index is 12.4. The van der Waals surface area contributed by atoms with Gasteiger partial charge in [-0.15, -0.1) is 10.2 Å². The fourth-order valence-electron chi connectivity index (χ4n) is 1.35. The molecular formula is C11H7Cl2F2N3S. The Morgan fingerprint density at radius 1 is 1.11 bits per heavy atom. The zero-order valence-electron chi connectivity index (χ0n) is 9.28. The molecule has 2 aromatic rings. The lowest BCUT2D eigenvalue weighted by atomic mass is 10.3. The van der Waals surface area contributed by atoms with E-state index in [-0.39, 0.29) is 10.3 Å². The molecular weight excluding hydrogens is 315 g/mol. The molecule has 0 atom stereocenters. The van der Waals surface area contributed by atoms with Gasteiger partial charge in [0.2, 0.25) is 0 Å². The summed E-state index contributed by atoms with van der Waals surface area (Å²) >= 11 is 12.0. The average molecular weight is 322 g/mol. The standard InChI is InChI=1S/C11H7Cl2F2N3S/c12-9-5-7(10(13)18-17-9)16-6-3-1-2-4-8(6)19-11(14)15/h1-5,11H,(H,16,17). The summed E-state index contributed by atoms with van der Waals surface area (Å²) in [5.41, 5.74) is 0.905. The number of halogens is 4. The highest BCUT2D eigenvalue weighted by Crippen LogP contribution is 2.34.